The van der Waals surface area contributed by atoms with Gasteiger partial charge in [-0.2, -0.15) is 0 Å². The first-order valence-corrected chi connectivity index (χ1v) is 3.65. The molecule has 0 aliphatic carbocycles. The van der Waals surface area contributed by atoms with Crippen LogP contribution in [0.25, 0.3) is 0 Å². The SMILES string of the molecule is COC(=O)C(C)C(C)(C)C(=O)O. The lowest BCUT2D eigenvalue weighted by Crippen LogP contribution is -2.36. The van der Waals surface area contributed by atoms with E-state index in [1.54, 1.807) is 6.92 Å². The minimum atomic E-state index is -1.08. The van der Waals surface area contributed by atoms with Gasteiger partial charge >= 0.3 is 11.9 Å². The number of rotatable bonds is 3. The highest BCUT2D eigenvalue weighted by Crippen LogP contribution is 2.27. The zero-order valence-corrected chi connectivity index (χ0v) is 7.75. The second kappa shape index (κ2) is 3.56. The summed E-state index contributed by atoms with van der Waals surface area (Å²) in [6.07, 6.45) is 0. The number of carboxylic acid groups (broad SMARTS) is 1. The average Bonchev–Trinajstić information content (AvgIpc) is 2.01. The number of hydrogen-bond acceptors (Lipinski definition) is 3. The Hall–Kier alpha value is -1.06. The van der Waals surface area contributed by atoms with E-state index in [0.717, 1.165) is 0 Å². The lowest BCUT2D eigenvalue weighted by atomic mass is 9.80. The van der Waals surface area contributed by atoms with Crippen molar-refractivity contribution in [3.63, 3.8) is 0 Å². The summed E-state index contributed by atoms with van der Waals surface area (Å²) < 4.78 is 4.45. The maximum atomic E-state index is 11.0. The molecule has 1 atom stereocenters. The zero-order chi connectivity index (χ0) is 9.94. The van der Waals surface area contributed by atoms with E-state index in [1.807, 2.05) is 0 Å². The minimum absolute atomic E-state index is 0.498. The number of hydrogen-bond donors (Lipinski definition) is 1. The van der Waals surface area contributed by atoms with Crippen LogP contribution in [0.5, 0.6) is 0 Å². The smallest absolute Gasteiger partial charge is 0.309 e. The van der Waals surface area contributed by atoms with E-state index in [0.29, 0.717) is 0 Å². The Morgan fingerprint density at radius 1 is 1.42 bits per heavy atom. The van der Waals surface area contributed by atoms with Gasteiger partial charge in [0.15, 0.2) is 0 Å². The maximum absolute atomic E-state index is 11.0. The molecule has 0 aliphatic heterocycles. The van der Waals surface area contributed by atoms with E-state index in [1.165, 1.54) is 21.0 Å². The number of carbonyl (C=O) groups is 2. The number of carbonyl (C=O) groups excluding carboxylic acids is 1. The lowest BCUT2D eigenvalue weighted by molar-refractivity contribution is -0.160. The first kappa shape index (κ1) is 10.9. The molecule has 0 rings (SSSR count). The van der Waals surface area contributed by atoms with E-state index in [9.17, 15) is 9.59 Å². The third-order valence-corrected chi connectivity index (χ3v) is 2.19. The highest BCUT2D eigenvalue weighted by atomic mass is 16.5. The average molecular weight is 174 g/mol. The van der Waals surface area contributed by atoms with E-state index in [2.05, 4.69) is 4.74 Å². The Bertz CT molecular complexity index is 195. The van der Waals surface area contributed by atoms with E-state index >= 15 is 0 Å². The molecule has 0 heterocycles. The molecule has 0 aliphatic rings. The van der Waals surface area contributed by atoms with Crippen LogP contribution in [0, 0.1) is 11.3 Å². The highest BCUT2D eigenvalue weighted by molar-refractivity contribution is 5.83. The van der Waals surface area contributed by atoms with Gasteiger partial charge in [-0.3, -0.25) is 9.59 Å². The minimum Gasteiger partial charge on any atom is -0.481 e. The summed E-state index contributed by atoms with van der Waals surface area (Å²) in [5.41, 5.74) is -1.08. The molecule has 0 aromatic rings. The lowest BCUT2D eigenvalue weighted by Gasteiger charge is -2.24. The van der Waals surface area contributed by atoms with Gasteiger partial charge in [-0.25, -0.2) is 0 Å². The van der Waals surface area contributed by atoms with Crippen molar-refractivity contribution >= 4 is 11.9 Å². The first-order chi connectivity index (χ1) is 5.34. The topological polar surface area (TPSA) is 63.6 Å². The fourth-order valence-corrected chi connectivity index (χ4v) is 0.657. The van der Waals surface area contributed by atoms with Crippen molar-refractivity contribution in [3.05, 3.63) is 0 Å². The van der Waals surface area contributed by atoms with Gasteiger partial charge in [0.2, 0.25) is 0 Å². The molecule has 0 bridgehead atoms. The second-order valence-corrected chi connectivity index (χ2v) is 3.27. The summed E-state index contributed by atoms with van der Waals surface area (Å²) >= 11 is 0. The highest BCUT2D eigenvalue weighted by Gasteiger charge is 2.38. The molecule has 0 aromatic heterocycles. The van der Waals surface area contributed by atoms with Crippen molar-refractivity contribution in [1.82, 2.24) is 0 Å². The molecule has 0 aromatic carbocycles. The molecule has 70 valence electrons. The van der Waals surface area contributed by atoms with Crippen LogP contribution in [0.15, 0.2) is 0 Å². The summed E-state index contributed by atoms with van der Waals surface area (Å²) in [7, 11) is 1.25. The normalized spacial score (nSPS) is 13.7. The van der Waals surface area contributed by atoms with Crippen molar-refractivity contribution < 1.29 is 19.4 Å². The third kappa shape index (κ3) is 1.96. The van der Waals surface area contributed by atoms with Crippen molar-refractivity contribution in [3.8, 4) is 0 Å². The fourth-order valence-electron chi connectivity index (χ4n) is 0.657. The van der Waals surface area contributed by atoms with E-state index < -0.39 is 23.3 Å². The number of aliphatic carboxylic acids is 1. The molecule has 0 fully saturated rings. The van der Waals surface area contributed by atoms with Crippen LogP contribution in [0.4, 0.5) is 0 Å². The van der Waals surface area contributed by atoms with Gasteiger partial charge in [0.25, 0.3) is 0 Å². The second-order valence-electron chi connectivity index (χ2n) is 3.27. The van der Waals surface area contributed by atoms with Crippen LogP contribution < -0.4 is 0 Å². The predicted octanol–water partition coefficient (Wildman–Crippen LogP) is 0.906. The van der Waals surface area contributed by atoms with Crippen LogP contribution >= 0.6 is 0 Å². The van der Waals surface area contributed by atoms with Crippen LogP contribution in [0.2, 0.25) is 0 Å². The molecule has 0 radical (unpaired) electrons. The van der Waals surface area contributed by atoms with E-state index in [-0.39, 0.29) is 0 Å². The Morgan fingerprint density at radius 3 is 2.08 bits per heavy atom. The number of methoxy groups -OCH3 is 1. The third-order valence-electron chi connectivity index (χ3n) is 2.19. The van der Waals surface area contributed by atoms with Crippen molar-refractivity contribution in [2.24, 2.45) is 11.3 Å². The summed E-state index contributed by atoms with van der Waals surface area (Å²) in [5.74, 6) is -2.14. The quantitative estimate of drug-likeness (QED) is 0.646. The Balaban J connectivity index is 4.56. The summed E-state index contributed by atoms with van der Waals surface area (Å²) in [5, 5.41) is 8.75. The molecule has 4 nitrogen and oxygen atoms in total. The molecule has 12 heavy (non-hydrogen) atoms. The van der Waals surface area contributed by atoms with Gasteiger partial charge in [-0.05, 0) is 13.8 Å². The largest absolute Gasteiger partial charge is 0.481 e. The van der Waals surface area contributed by atoms with Crippen molar-refractivity contribution in [2.45, 2.75) is 20.8 Å². The summed E-state index contributed by atoms with van der Waals surface area (Å²) in [6, 6.07) is 0. The molecule has 4 heteroatoms. The Morgan fingerprint density at radius 2 is 1.83 bits per heavy atom. The van der Waals surface area contributed by atoms with Gasteiger partial charge in [0.05, 0.1) is 18.4 Å². The summed E-state index contributed by atoms with van der Waals surface area (Å²) in [4.78, 5) is 21.7. The monoisotopic (exact) mass is 174 g/mol. The fraction of sp³-hybridized carbons (Fsp3) is 0.750. The van der Waals surface area contributed by atoms with E-state index in [4.69, 9.17) is 5.11 Å². The Labute approximate surface area is 71.5 Å². The molecular weight excluding hydrogens is 160 g/mol. The van der Waals surface area contributed by atoms with Gasteiger partial charge < -0.3 is 9.84 Å². The van der Waals surface area contributed by atoms with Crippen LogP contribution in [-0.2, 0) is 14.3 Å². The molecule has 0 amide bonds. The Kier molecular flexibility index (Phi) is 3.24. The van der Waals surface area contributed by atoms with Crippen molar-refractivity contribution in [1.29, 1.82) is 0 Å². The number of ether oxygens (including phenoxy) is 1. The molecule has 0 saturated carbocycles. The van der Waals surface area contributed by atoms with Crippen LogP contribution in [0.1, 0.15) is 20.8 Å². The standard InChI is InChI=1S/C8H14O4/c1-5(6(9)12-4)8(2,3)7(10)11/h5H,1-4H3,(H,10,11). The van der Waals surface area contributed by atoms with Crippen molar-refractivity contribution in [2.75, 3.05) is 7.11 Å². The molecule has 1 unspecified atom stereocenters. The van der Waals surface area contributed by atoms with Gasteiger partial charge in [-0.1, -0.05) is 6.92 Å². The number of carboxylic acids is 1. The van der Waals surface area contributed by atoms with Gasteiger partial charge in [0.1, 0.15) is 0 Å². The molecule has 0 saturated heterocycles. The molecular formula is C8H14O4. The van der Waals surface area contributed by atoms with Gasteiger partial charge in [0, 0.05) is 0 Å². The molecule has 1 N–H and O–H groups in total. The maximum Gasteiger partial charge on any atom is 0.309 e. The first-order valence-electron chi connectivity index (χ1n) is 3.65. The number of esters is 1. The van der Waals surface area contributed by atoms with Crippen LogP contribution in [-0.4, -0.2) is 24.2 Å². The predicted molar refractivity (Wildman–Crippen MR) is 42.6 cm³/mol. The zero-order valence-electron chi connectivity index (χ0n) is 7.75. The molecule has 0 spiro atoms. The van der Waals surface area contributed by atoms with Gasteiger partial charge in [-0.15, -0.1) is 0 Å². The van der Waals surface area contributed by atoms with Crippen LogP contribution in [0.3, 0.4) is 0 Å². The summed E-state index contributed by atoms with van der Waals surface area (Å²) in [6.45, 7) is 4.54.